The summed E-state index contributed by atoms with van der Waals surface area (Å²) in [5.41, 5.74) is 1.24. The smallest absolute Gasteiger partial charge is 0.0602 e. The summed E-state index contributed by atoms with van der Waals surface area (Å²) in [5, 5.41) is 12.7. The molecule has 1 unspecified atom stereocenters. The molecule has 0 aliphatic carbocycles. The van der Waals surface area contributed by atoms with Gasteiger partial charge in [-0.3, -0.25) is 0 Å². The number of hydrogen-bond donors (Lipinski definition) is 2. The van der Waals surface area contributed by atoms with Crippen molar-refractivity contribution in [2.24, 2.45) is 0 Å². The molecule has 1 atom stereocenters. The van der Waals surface area contributed by atoms with Crippen LogP contribution >= 0.6 is 15.9 Å². The molecule has 2 rings (SSSR count). The molecule has 1 aromatic rings. The van der Waals surface area contributed by atoms with E-state index in [0.717, 1.165) is 17.6 Å². The highest BCUT2D eigenvalue weighted by molar-refractivity contribution is 9.10. The van der Waals surface area contributed by atoms with Crippen molar-refractivity contribution in [1.82, 2.24) is 5.32 Å². The lowest BCUT2D eigenvalue weighted by atomic mass is 9.96. The fourth-order valence-electron chi connectivity index (χ4n) is 2.24. The first-order valence-electron chi connectivity index (χ1n) is 5.91. The van der Waals surface area contributed by atoms with Gasteiger partial charge in [-0.05, 0) is 41.9 Å². The predicted octanol–water partition coefficient (Wildman–Crippen LogP) is 2.00. The molecule has 3 nitrogen and oxygen atoms in total. The molecule has 0 saturated carbocycles. The van der Waals surface area contributed by atoms with Crippen LogP contribution < -0.4 is 10.2 Å². The Morgan fingerprint density at radius 2 is 2.18 bits per heavy atom. The molecule has 0 bridgehead atoms. The highest BCUT2D eigenvalue weighted by atomic mass is 79.9. The second kappa shape index (κ2) is 4.96. The molecule has 17 heavy (non-hydrogen) atoms. The molecule has 4 heteroatoms. The Hall–Kier alpha value is -0.580. The number of para-hydroxylation sites is 1. The second-order valence-corrected chi connectivity index (χ2v) is 5.99. The second-order valence-electron chi connectivity index (χ2n) is 5.13. The van der Waals surface area contributed by atoms with Gasteiger partial charge in [0.1, 0.15) is 0 Å². The number of nitrogens with one attached hydrogen (secondary N) is 1. The third-order valence-corrected chi connectivity index (χ3v) is 3.99. The Balaban J connectivity index is 2.30. The summed E-state index contributed by atoms with van der Waals surface area (Å²) in [6.45, 7) is 6.31. The molecule has 0 amide bonds. The van der Waals surface area contributed by atoms with Gasteiger partial charge in [-0.15, -0.1) is 0 Å². The zero-order chi connectivity index (χ0) is 12.5. The van der Waals surface area contributed by atoms with Crippen LogP contribution in [-0.4, -0.2) is 36.4 Å². The highest BCUT2D eigenvalue weighted by Gasteiger charge is 2.34. The number of benzene rings is 1. The van der Waals surface area contributed by atoms with E-state index in [-0.39, 0.29) is 18.2 Å². The van der Waals surface area contributed by atoms with Crippen LogP contribution in [0, 0.1) is 0 Å². The van der Waals surface area contributed by atoms with Gasteiger partial charge in [0.15, 0.2) is 0 Å². The van der Waals surface area contributed by atoms with Crippen molar-refractivity contribution < 1.29 is 5.11 Å². The monoisotopic (exact) mass is 298 g/mol. The maximum absolute atomic E-state index is 9.29. The van der Waals surface area contributed by atoms with E-state index < -0.39 is 0 Å². The Labute approximate surface area is 111 Å². The van der Waals surface area contributed by atoms with E-state index in [2.05, 4.69) is 52.1 Å². The van der Waals surface area contributed by atoms with Gasteiger partial charge in [0.05, 0.1) is 12.3 Å². The van der Waals surface area contributed by atoms with Gasteiger partial charge in [0, 0.05) is 29.1 Å². The first kappa shape index (κ1) is 12.9. The van der Waals surface area contributed by atoms with Crippen LogP contribution in [0.15, 0.2) is 28.7 Å². The lowest BCUT2D eigenvalue weighted by Crippen LogP contribution is -2.63. The molecule has 1 saturated heterocycles. The van der Waals surface area contributed by atoms with Crippen molar-refractivity contribution in [3.8, 4) is 0 Å². The molecule has 1 fully saturated rings. The van der Waals surface area contributed by atoms with Crippen LogP contribution in [0.1, 0.15) is 13.8 Å². The summed E-state index contributed by atoms with van der Waals surface area (Å²) in [5.74, 6) is 0. The molecule has 94 valence electrons. The summed E-state index contributed by atoms with van der Waals surface area (Å²) in [7, 11) is 0. The minimum Gasteiger partial charge on any atom is -0.395 e. The number of piperazine rings is 1. The number of aliphatic hydroxyl groups is 1. The first-order valence-corrected chi connectivity index (χ1v) is 6.70. The van der Waals surface area contributed by atoms with Gasteiger partial charge in [-0.1, -0.05) is 12.1 Å². The Bertz CT molecular complexity index is 395. The van der Waals surface area contributed by atoms with Crippen LogP contribution in [0.3, 0.4) is 0 Å². The lowest BCUT2D eigenvalue weighted by molar-refractivity contribution is 0.210. The van der Waals surface area contributed by atoms with Crippen molar-refractivity contribution in [1.29, 1.82) is 0 Å². The first-order chi connectivity index (χ1) is 8.04. The highest BCUT2D eigenvalue weighted by Crippen LogP contribution is 2.32. The van der Waals surface area contributed by atoms with E-state index in [4.69, 9.17) is 0 Å². The third kappa shape index (κ3) is 2.64. The molecule has 0 spiro atoms. The van der Waals surface area contributed by atoms with E-state index in [1.165, 1.54) is 5.69 Å². The minimum absolute atomic E-state index is 0.0511. The summed E-state index contributed by atoms with van der Waals surface area (Å²) in [6.07, 6.45) is 0. The van der Waals surface area contributed by atoms with E-state index in [1.54, 1.807) is 0 Å². The van der Waals surface area contributed by atoms with Crippen LogP contribution in [0.4, 0.5) is 5.69 Å². The largest absolute Gasteiger partial charge is 0.395 e. The number of anilines is 1. The van der Waals surface area contributed by atoms with Gasteiger partial charge in [0.25, 0.3) is 0 Å². The molecule has 0 aromatic heterocycles. The molecular formula is C13H19BrN2O. The SMILES string of the molecule is CC1(C)CNC(CO)CN1c1ccccc1Br. The average molecular weight is 299 g/mol. The maximum atomic E-state index is 9.29. The number of halogens is 1. The van der Waals surface area contributed by atoms with Crippen molar-refractivity contribution in [2.45, 2.75) is 25.4 Å². The topological polar surface area (TPSA) is 35.5 Å². The van der Waals surface area contributed by atoms with E-state index in [1.807, 2.05) is 12.1 Å². The summed E-state index contributed by atoms with van der Waals surface area (Å²) in [4.78, 5) is 2.36. The van der Waals surface area contributed by atoms with Crippen molar-refractivity contribution in [3.05, 3.63) is 28.7 Å². The van der Waals surface area contributed by atoms with Gasteiger partial charge in [-0.25, -0.2) is 0 Å². The number of nitrogens with zero attached hydrogens (tertiary/aromatic N) is 1. The molecule has 1 aliphatic heterocycles. The molecule has 1 heterocycles. The number of aliphatic hydroxyl groups excluding tert-OH is 1. The fourth-order valence-corrected chi connectivity index (χ4v) is 2.74. The van der Waals surface area contributed by atoms with Gasteiger partial charge in [-0.2, -0.15) is 0 Å². The Morgan fingerprint density at radius 3 is 2.82 bits per heavy atom. The number of rotatable bonds is 2. The van der Waals surface area contributed by atoms with Crippen molar-refractivity contribution in [2.75, 3.05) is 24.6 Å². The Kier molecular flexibility index (Phi) is 3.76. The van der Waals surface area contributed by atoms with Crippen LogP contribution in [0.25, 0.3) is 0 Å². The summed E-state index contributed by atoms with van der Waals surface area (Å²) in [6, 6.07) is 8.39. The fraction of sp³-hybridized carbons (Fsp3) is 0.538. The maximum Gasteiger partial charge on any atom is 0.0602 e. The third-order valence-electron chi connectivity index (χ3n) is 3.32. The number of hydrogen-bond acceptors (Lipinski definition) is 3. The normalized spacial score (nSPS) is 23.8. The predicted molar refractivity (Wildman–Crippen MR) is 74.4 cm³/mol. The molecule has 2 N–H and O–H groups in total. The standard InChI is InChI=1S/C13H19BrN2O/c1-13(2)9-15-10(8-17)7-16(13)12-6-4-3-5-11(12)14/h3-6,10,15,17H,7-9H2,1-2H3. The molecule has 1 aromatic carbocycles. The van der Waals surface area contributed by atoms with E-state index in [0.29, 0.717) is 0 Å². The lowest BCUT2D eigenvalue weighted by Gasteiger charge is -2.47. The van der Waals surface area contributed by atoms with Crippen molar-refractivity contribution >= 4 is 21.6 Å². The molecule has 1 aliphatic rings. The Morgan fingerprint density at radius 1 is 1.47 bits per heavy atom. The van der Waals surface area contributed by atoms with Crippen molar-refractivity contribution in [3.63, 3.8) is 0 Å². The van der Waals surface area contributed by atoms with Crippen LogP contribution in [0.2, 0.25) is 0 Å². The quantitative estimate of drug-likeness (QED) is 0.877. The van der Waals surface area contributed by atoms with Gasteiger partial charge < -0.3 is 15.3 Å². The molecule has 0 radical (unpaired) electrons. The van der Waals surface area contributed by atoms with Crippen LogP contribution in [0.5, 0.6) is 0 Å². The zero-order valence-electron chi connectivity index (χ0n) is 10.3. The average Bonchev–Trinajstić information content (AvgIpc) is 2.30. The zero-order valence-corrected chi connectivity index (χ0v) is 11.9. The summed E-state index contributed by atoms with van der Waals surface area (Å²) < 4.78 is 1.10. The van der Waals surface area contributed by atoms with Crippen LogP contribution in [-0.2, 0) is 0 Å². The van der Waals surface area contributed by atoms with Gasteiger partial charge in [0.2, 0.25) is 0 Å². The summed E-state index contributed by atoms with van der Waals surface area (Å²) >= 11 is 3.60. The van der Waals surface area contributed by atoms with Gasteiger partial charge >= 0.3 is 0 Å². The minimum atomic E-state index is 0.0511. The molecular weight excluding hydrogens is 280 g/mol. The van der Waals surface area contributed by atoms with E-state index in [9.17, 15) is 5.11 Å². The van der Waals surface area contributed by atoms with E-state index >= 15 is 0 Å².